The number of carbonyl (C=O) groups excluding carboxylic acids is 1. The van der Waals surface area contributed by atoms with E-state index < -0.39 is 8.07 Å². The van der Waals surface area contributed by atoms with Gasteiger partial charge in [0.2, 0.25) is 0 Å². The van der Waals surface area contributed by atoms with Gasteiger partial charge in [0.05, 0.1) is 5.56 Å². The fourth-order valence-electron chi connectivity index (χ4n) is 1.73. The van der Waals surface area contributed by atoms with Crippen LogP contribution in [0.4, 0.5) is 0 Å². The third-order valence-electron chi connectivity index (χ3n) is 2.68. The summed E-state index contributed by atoms with van der Waals surface area (Å²) in [5, 5.41) is 19.0. The smallest absolute Gasteiger partial charge is 0.166 e. The molecular formula is C13H20O3Si. The van der Waals surface area contributed by atoms with Crippen molar-refractivity contribution in [2.24, 2.45) is 0 Å². The summed E-state index contributed by atoms with van der Waals surface area (Å²) in [5.74, 6) is -0.174. The zero-order valence-electron chi connectivity index (χ0n) is 10.9. The zero-order valence-corrected chi connectivity index (χ0v) is 11.9. The van der Waals surface area contributed by atoms with Gasteiger partial charge >= 0.3 is 0 Å². The van der Waals surface area contributed by atoms with E-state index >= 15 is 0 Å². The molecule has 0 fully saturated rings. The third-order valence-corrected chi connectivity index (χ3v) is 4.43. The molecule has 0 saturated heterocycles. The maximum atomic E-state index is 12.0. The highest BCUT2D eigenvalue weighted by Crippen LogP contribution is 2.28. The van der Waals surface area contributed by atoms with Gasteiger partial charge in [-0.3, -0.25) is 4.79 Å². The van der Waals surface area contributed by atoms with E-state index in [0.29, 0.717) is 17.5 Å². The van der Waals surface area contributed by atoms with Crippen LogP contribution >= 0.6 is 0 Å². The van der Waals surface area contributed by atoms with Crippen molar-refractivity contribution in [3.63, 3.8) is 0 Å². The number of aryl methyl sites for hydroxylation is 1. The predicted molar refractivity (Wildman–Crippen MR) is 71.6 cm³/mol. The van der Waals surface area contributed by atoms with Gasteiger partial charge < -0.3 is 10.2 Å². The molecule has 1 aromatic rings. The Morgan fingerprint density at radius 2 is 1.82 bits per heavy atom. The Bertz CT molecular complexity index is 410. The Morgan fingerprint density at radius 3 is 2.29 bits per heavy atom. The van der Waals surface area contributed by atoms with Crippen LogP contribution in [0.25, 0.3) is 0 Å². The molecule has 1 rings (SSSR count). The van der Waals surface area contributed by atoms with Crippen LogP contribution in [0.3, 0.4) is 0 Å². The maximum absolute atomic E-state index is 12.0. The molecule has 3 nitrogen and oxygen atoms in total. The number of carbonyl (C=O) groups is 1. The van der Waals surface area contributed by atoms with Crippen LogP contribution in [0.1, 0.15) is 22.3 Å². The maximum Gasteiger partial charge on any atom is 0.166 e. The van der Waals surface area contributed by atoms with Crippen molar-refractivity contribution in [2.45, 2.75) is 39.0 Å². The fourth-order valence-corrected chi connectivity index (χ4v) is 2.70. The van der Waals surface area contributed by atoms with Gasteiger partial charge in [-0.2, -0.15) is 0 Å². The second-order valence-corrected chi connectivity index (χ2v) is 11.3. The van der Waals surface area contributed by atoms with Crippen LogP contribution in [0.15, 0.2) is 12.1 Å². The number of rotatable bonds is 4. The second-order valence-electron chi connectivity index (χ2n) is 5.64. The molecule has 0 radical (unpaired) electrons. The number of hydrogen-bond acceptors (Lipinski definition) is 3. The largest absolute Gasteiger partial charge is 0.508 e. The van der Waals surface area contributed by atoms with Crippen molar-refractivity contribution in [1.82, 2.24) is 0 Å². The van der Waals surface area contributed by atoms with E-state index in [-0.39, 0.29) is 17.3 Å². The lowest BCUT2D eigenvalue weighted by atomic mass is 10.0. The lowest BCUT2D eigenvalue weighted by molar-refractivity contribution is 0.0984. The summed E-state index contributed by atoms with van der Waals surface area (Å²) in [4.78, 5) is 12.0. The van der Waals surface area contributed by atoms with Crippen LogP contribution in [0.5, 0.6) is 11.5 Å². The van der Waals surface area contributed by atoms with Gasteiger partial charge in [-0.1, -0.05) is 25.7 Å². The first-order valence-corrected chi connectivity index (χ1v) is 9.47. The Morgan fingerprint density at radius 1 is 1.24 bits per heavy atom. The predicted octanol–water partition coefficient (Wildman–Crippen LogP) is 3.32. The van der Waals surface area contributed by atoms with Gasteiger partial charge in [-0.05, 0) is 18.6 Å². The number of benzene rings is 1. The molecule has 0 unspecified atom stereocenters. The molecule has 0 aromatic heterocycles. The minimum Gasteiger partial charge on any atom is -0.508 e. The van der Waals surface area contributed by atoms with Crippen molar-refractivity contribution >= 4 is 13.9 Å². The highest BCUT2D eigenvalue weighted by molar-refractivity contribution is 6.76. The molecule has 94 valence electrons. The highest BCUT2D eigenvalue weighted by atomic mass is 28.3. The first kappa shape index (κ1) is 13.8. The van der Waals surface area contributed by atoms with E-state index in [2.05, 4.69) is 19.6 Å². The molecule has 0 aliphatic carbocycles. The molecular weight excluding hydrogens is 232 g/mol. The SMILES string of the molecule is Cc1cc(O)cc(O)c1C(=O)CC[Si](C)(C)C. The molecule has 0 atom stereocenters. The lowest BCUT2D eigenvalue weighted by Gasteiger charge is -2.15. The van der Waals surface area contributed by atoms with Gasteiger partial charge in [0.1, 0.15) is 11.5 Å². The summed E-state index contributed by atoms with van der Waals surface area (Å²) in [6, 6.07) is 3.63. The number of phenolic OH excluding ortho intramolecular Hbond substituents is 2. The Hall–Kier alpha value is -1.29. The summed E-state index contributed by atoms with van der Waals surface area (Å²) >= 11 is 0. The number of ketones is 1. The van der Waals surface area contributed by atoms with Crippen molar-refractivity contribution in [2.75, 3.05) is 0 Å². The van der Waals surface area contributed by atoms with Gasteiger partial charge in [0.15, 0.2) is 5.78 Å². The standard InChI is InChI=1S/C13H20O3Si/c1-9-7-10(14)8-12(16)13(9)11(15)5-6-17(2,3)4/h7-8,14,16H,5-6H2,1-4H3. The van der Waals surface area contributed by atoms with Gasteiger partial charge in [-0.15, -0.1) is 0 Å². The molecule has 0 bridgehead atoms. The fraction of sp³-hybridized carbons (Fsp3) is 0.462. The normalized spacial score (nSPS) is 11.5. The number of Topliss-reactive ketones (excluding diaryl/α,β-unsaturated/α-hetero) is 1. The summed E-state index contributed by atoms with van der Waals surface area (Å²) in [5.41, 5.74) is 0.976. The summed E-state index contributed by atoms with van der Waals surface area (Å²) < 4.78 is 0. The van der Waals surface area contributed by atoms with E-state index in [1.54, 1.807) is 6.92 Å². The molecule has 0 spiro atoms. The molecule has 2 N–H and O–H groups in total. The van der Waals surface area contributed by atoms with Crippen LogP contribution in [-0.2, 0) is 0 Å². The molecule has 0 heterocycles. The molecule has 1 aromatic carbocycles. The van der Waals surface area contributed by atoms with Crippen molar-refractivity contribution in [3.05, 3.63) is 23.3 Å². The minimum absolute atomic E-state index is 0.0123. The third kappa shape index (κ3) is 3.89. The topological polar surface area (TPSA) is 57.5 Å². The Kier molecular flexibility index (Phi) is 3.98. The molecule has 0 aliphatic rings. The average molecular weight is 252 g/mol. The summed E-state index contributed by atoms with van der Waals surface area (Å²) in [6.07, 6.45) is 0.467. The molecule has 0 saturated carbocycles. The molecule has 4 heteroatoms. The number of aromatic hydroxyl groups is 2. The van der Waals surface area contributed by atoms with E-state index in [1.807, 2.05) is 0 Å². The first-order chi connectivity index (χ1) is 7.70. The molecule has 17 heavy (non-hydrogen) atoms. The van der Waals surface area contributed by atoms with E-state index in [9.17, 15) is 15.0 Å². The minimum atomic E-state index is -1.25. The Labute approximate surface area is 103 Å². The molecule has 0 aliphatic heterocycles. The Balaban J connectivity index is 2.90. The first-order valence-electron chi connectivity index (χ1n) is 5.76. The van der Waals surface area contributed by atoms with Crippen molar-refractivity contribution in [3.8, 4) is 11.5 Å². The van der Waals surface area contributed by atoms with Crippen LogP contribution < -0.4 is 0 Å². The van der Waals surface area contributed by atoms with Crippen molar-refractivity contribution in [1.29, 1.82) is 0 Å². The summed E-state index contributed by atoms with van der Waals surface area (Å²) in [6.45, 7) is 8.36. The number of phenols is 2. The van der Waals surface area contributed by atoms with E-state index in [1.165, 1.54) is 12.1 Å². The second kappa shape index (κ2) is 4.92. The van der Waals surface area contributed by atoms with Gasteiger partial charge in [0, 0.05) is 20.6 Å². The monoisotopic (exact) mass is 252 g/mol. The van der Waals surface area contributed by atoms with Gasteiger partial charge in [0.25, 0.3) is 0 Å². The summed E-state index contributed by atoms with van der Waals surface area (Å²) in [7, 11) is -1.25. The molecule has 0 amide bonds. The van der Waals surface area contributed by atoms with Gasteiger partial charge in [-0.25, -0.2) is 0 Å². The van der Waals surface area contributed by atoms with Crippen LogP contribution in [-0.4, -0.2) is 24.1 Å². The lowest BCUT2D eigenvalue weighted by Crippen LogP contribution is -2.20. The van der Waals surface area contributed by atoms with E-state index in [0.717, 1.165) is 6.04 Å². The van der Waals surface area contributed by atoms with E-state index in [4.69, 9.17) is 0 Å². The zero-order chi connectivity index (χ0) is 13.2. The quantitative estimate of drug-likeness (QED) is 0.638. The number of hydrogen-bond donors (Lipinski definition) is 2. The van der Waals surface area contributed by atoms with Crippen molar-refractivity contribution < 1.29 is 15.0 Å². The van der Waals surface area contributed by atoms with Crippen LogP contribution in [0.2, 0.25) is 25.7 Å². The van der Waals surface area contributed by atoms with Crippen LogP contribution in [0, 0.1) is 6.92 Å². The highest BCUT2D eigenvalue weighted by Gasteiger charge is 2.19. The average Bonchev–Trinajstić information content (AvgIpc) is 2.11.